The second kappa shape index (κ2) is 5.97. The second-order valence-corrected chi connectivity index (χ2v) is 7.08. The number of hydrogen-bond acceptors (Lipinski definition) is 3. The largest absolute Gasteiger partial charge is 0.480 e. The van der Waals surface area contributed by atoms with Crippen molar-refractivity contribution in [3.63, 3.8) is 0 Å². The third-order valence-electron chi connectivity index (χ3n) is 3.43. The molecule has 1 aromatic rings. The molecule has 1 aliphatic rings. The Bertz CT molecular complexity index is 537. The molecule has 1 atom stereocenters. The molecule has 0 aliphatic carbocycles. The molecule has 1 aromatic carbocycles. The van der Waals surface area contributed by atoms with Crippen LogP contribution in [0.25, 0.3) is 0 Å². The molecule has 1 unspecified atom stereocenters. The molecule has 114 valence electrons. The van der Waals surface area contributed by atoms with Gasteiger partial charge in [-0.25, -0.2) is 9.59 Å². The van der Waals surface area contributed by atoms with Gasteiger partial charge < -0.3 is 15.3 Å². The van der Waals surface area contributed by atoms with E-state index in [0.717, 1.165) is 0 Å². The molecule has 2 N–H and O–H groups in total. The molecule has 1 heterocycles. The number of urea groups is 1. The molecule has 6 heteroatoms. The minimum atomic E-state index is -0.960. The van der Waals surface area contributed by atoms with Crippen LogP contribution in [0.1, 0.15) is 26.3 Å². The Kier molecular flexibility index (Phi) is 4.46. The van der Waals surface area contributed by atoms with Gasteiger partial charge in [0.25, 0.3) is 0 Å². The van der Waals surface area contributed by atoms with Crippen LogP contribution in [0.5, 0.6) is 0 Å². The van der Waals surface area contributed by atoms with Crippen LogP contribution in [0.3, 0.4) is 0 Å². The molecule has 1 fully saturated rings. The number of carbonyl (C=O) groups excluding carboxylic acids is 1. The van der Waals surface area contributed by atoms with Gasteiger partial charge in [0.1, 0.15) is 6.04 Å². The third-order valence-corrected chi connectivity index (χ3v) is 4.44. The van der Waals surface area contributed by atoms with Gasteiger partial charge in [-0.2, -0.15) is 0 Å². The van der Waals surface area contributed by atoms with Crippen molar-refractivity contribution in [1.29, 1.82) is 0 Å². The highest BCUT2D eigenvalue weighted by Crippen LogP contribution is 2.25. The molecule has 21 heavy (non-hydrogen) atoms. The molecule has 0 saturated carbocycles. The SMILES string of the molecule is CC(C)(C)c1ccc(NC(=O)N2CSCC2C(=O)O)cc1. The van der Waals surface area contributed by atoms with Crippen LogP contribution in [0.4, 0.5) is 10.5 Å². The van der Waals surface area contributed by atoms with E-state index in [4.69, 9.17) is 5.11 Å². The van der Waals surface area contributed by atoms with Gasteiger partial charge in [-0.15, -0.1) is 11.8 Å². The van der Waals surface area contributed by atoms with Crippen LogP contribution >= 0.6 is 11.8 Å². The highest BCUT2D eigenvalue weighted by molar-refractivity contribution is 7.99. The van der Waals surface area contributed by atoms with Crippen molar-refractivity contribution >= 4 is 29.4 Å². The van der Waals surface area contributed by atoms with Gasteiger partial charge in [-0.3, -0.25) is 0 Å². The topological polar surface area (TPSA) is 69.6 Å². The molecule has 0 aromatic heterocycles. The average molecular weight is 308 g/mol. The molecule has 1 aliphatic heterocycles. The highest BCUT2D eigenvalue weighted by Gasteiger charge is 2.34. The number of thioether (sulfide) groups is 1. The molecule has 5 nitrogen and oxygen atoms in total. The minimum Gasteiger partial charge on any atom is -0.480 e. The Morgan fingerprint density at radius 3 is 2.43 bits per heavy atom. The summed E-state index contributed by atoms with van der Waals surface area (Å²) in [7, 11) is 0. The van der Waals surface area contributed by atoms with E-state index in [9.17, 15) is 9.59 Å². The van der Waals surface area contributed by atoms with E-state index in [-0.39, 0.29) is 11.4 Å². The van der Waals surface area contributed by atoms with Gasteiger partial charge in [0.05, 0.1) is 5.88 Å². The average Bonchev–Trinajstić information content (AvgIpc) is 2.87. The van der Waals surface area contributed by atoms with Crippen molar-refractivity contribution in [2.45, 2.75) is 32.2 Å². The molecule has 1 saturated heterocycles. The van der Waals surface area contributed by atoms with Crippen molar-refractivity contribution in [1.82, 2.24) is 4.90 Å². The number of carboxylic acid groups (broad SMARTS) is 1. The number of carbonyl (C=O) groups is 2. The number of amides is 2. The van der Waals surface area contributed by atoms with Crippen molar-refractivity contribution in [3.05, 3.63) is 29.8 Å². The fourth-order valence-corrected chi connectivity index (χ4v) is 3.24. The van der Waals surface area contributed by atoms with Gasteiger partial charge in [0, 0.05) is 11.4 Å². The van der Waals surface area contributed by atoms with Gasteiger partial charge >= 0.3 is 12.0 Å². The number of nitrogens with zero attached hydrogens (tertiary/aromatic N) is 1. The zero-order valence-corrected chi connectivity index (χ0v) is 13.2. The summed E-state index contributed by atoms with van der Waals surface area (Å²) in [5.74, 6) is -0.118. The highest BCUT2D eigenvalue weighted by atomic mass is 32.2. The predicted molar refractivity (Wildman–Crippen MR) is 84.7 cm³/mol. The summed E-state index contributed by atoms with van der Waals surface area (Å²) < 4.78 is 0. The normalized spacial score (nSPS) is 18.6. The monoisotopic (exact) mass is 308 g/mol. The molecule has 0 spiro atoms. The summed E-state index contributed by atoms with van der Waals surface area (Å²) in [5.41, 5.74) is 1.91. The smallest absolute Gasteiger partial charge is 0.327 e. The van der Waals surface area contributed by atoms with Crippen LogP contribution in [0.2, 0.25) is 0 Å². The fourth-order valence-electron chi connectivity index (χ4n) is 2.10. The van der Waals surface area contributed by atoms with E-state index < -0.39 is 12.0 Å². The lowest BCUT2D eigenvalue weighted by Gasteiger charge is -2.22. The van der Waals surface area contributed by atoms with E-state index in [1.54, 1.807) is 0 Å². The molecule has 2 amide bonds. The lowest BCUT2D eigenvalue weighted by molar-refractivity contribution is -0.140. The van der Waals surface area contributed by atoms with E-state index >= 15 is 0 Å². The van der Waals surface area contributed by atoms with Crippen LogP contribution in [-0.4, -0.2) is 39.7 Å². The van der Waals surface area contributed by atoms with Gasteiger partial charge in [0.15, 0.2) is 0 Å². The Morgan fingerprint density at radius 2 is 1.90 bits per heavy atom. The summed E-state index contributed by atoms with van der Waals surface area (Å²) in [5, 5.41) is 11.8. The van der Waals surface area contributed by atoms with Crippen molar-refractivity contribution in [2.75, 3.05) is 16.9 Å². The standard InChI is InChI=1S/C15H20N2O3S/c1-15(2,3)10-4-6-11(7-5-10)16-14(20)17-9-21-8-12(17)13(18)19/h4-7,12H,8-9H2,1-3H3,(H,16,20)(H,18,19). The first kappa shape index (κ1) is 15.7. The maximum Gasteiger partial charge on any atom is 0.327 e. The van der Waals surface area contributed by atoms with Crippen molar-refractivity contribution in [3.8, 4) is 0 Å². The zero-order valence-electron chi connectivity index (χ0n) is 12.4. The minimum absolute atomic E-state index is 0.0581. The summed E-state index contributed by atoms with van der Waals surface area (Å²) in [6.07, 6.45) is 0. The molecule has 0 bridgehead atoms. The number of aliphatic carboxylic acids is 1. The number of carboxylic acids is 1. The number of rotatable bonds is 2. The summed E-state index contributed by atoms with van der Waals surface area (Å²) in [6, 6.07) is 6.53. The molecular weight excluding hydrogens is 288 g/mol. The summed E-state index contributed by atoms with van der Waals surface area (Å²) >= 11 is 1.45. The van der Waals surface area contributed by atoms with Crippen LogP contribution < -0.4 is 5.32 Å². The molecular formula is C15H20N2O3S. The number of hydrogen-bond donors (Lipinski definition) is 2. The maximum absolute atomic E-state index is 12.1. The Balaban J connectivity index is 2.04. The zero-order chi connectivity index (χ0) is 15.6. The number of benzene rings is 1. The second-order valence-electron chi connectivity index (χ2n) is 6.08. The number of nitrogens with one attached hydrogen (secondary N) is 1. The lowest BCUT2D eigenvalue weighted by atomic mass is 9.87. The van der Waals surface area contributed by atoms with E-state index in [0.29, 0.717) is 17.3 Å². The van der Waals surface area contributed by atoms with Crippen molar-refractivity contribution in [2.24, 2.45) is 0 Å². The quantitative estimate of drug-likeness (QED) is 0.881. The van der Waals surface area contributed by atoms with E-state index in [2.05, 4.69) is 26.1 Å². The first-order valence-electron chi connectivity index (χ1n) is 6.78. The van der Waals surface area contributed by atoms with Gasteiger partial charge in [-0.1, -0.05) is 32.9 Å². The van der Waals surface area contributed by atoms with Gasteiger partial charge in [0.2, 0.25) is 0 Å². The van der Waals surface area contributed by atoms with E-state index in [1.165, 1.54) is 22.2 Å². The van der Waals surface area contributed by atoms with Crippen LogP contribution in [0, 0.1) is 0 Å². The summed E-state index contributed by atoms with van der Waals surface area (Å²) in [4.78, 5) is 24.6. The molecule has 2 rings (SSSR count). The third kappa shape index (κ3) is 3.69. The Hall–Kier alpha value is -1.69. The first-order chi connectivity index (χ1) is 9.79. The van der Waals surface area contributed by atoms with Crippen molar-refractivity contribution < 1.29 is 14.7 Å². The van der Waals surface area contributed by atoms with E-state index in [1.807, 2.05) is 24.3 Å². The van der Waals surface area contributed by atoms with Crippen LogP contribution in [0.15, 0.2) is 24.3 Å². The number of anilines is 1. The van der Waals surface area contributed by atoms with Crippen LogP contribution in [-0.2, 0) is 10.2 Å². The maximum atomic E-state index is 12.1. The van der Waals surface area contributed by atoms with Gasteiger partial charge in [-0.05, 0) is 23.1 Å². The summed E-state index contributed by atoms with van der Waals surface area (Å²) in [6.45, 7) is 6.37. The molecule has 0 radical (unpaired) electrons. The Morgan fingerprint density at radius 1 is 1.29 bits per heavy atom. The fraction of sp³-hybridized carbons (Fsp3) is 0.467. The lowest BCUT2D eigenvalue weighted by Crippen LogP contribution is -2.43. The predicted octanol–water partition coefficient (Wildman–Crippen LogP) is 2.98. The first-order valence-corrected chi connectivity index (χ1v) is 7.93. The Labute approximate surface area is 128 Å².